The second-order valence-corrected chi connectivity index (χ2v) is 4.54. The van der Waals surface area contributed by atoms with Gasteiger partial charge >= 0.3 is 0 Å². The quantitative estimate of drug-likeness (QED) is 0.890. The molecule has 3 rings (SSSR count). The monoisotopic (exact) mass is 256 g/mol. The normalized spacial score (nSPS) is 14.0. The summed E-state index contributed by atoms with van der Waals surface area (Å²) in [6, 6.07) is 5.88. The maximum atomic E-state index is 5.47. The van der Waals surface area contributed by atoms with Crippen LogP contribution in [-0.2, 0) is 17.8 Å². The van der Waals surface area contributed by atoms with Crippen molar-refractivity contribution in [3.63, 3.8) is 0 Å². The van der Waals surface area contributed by atoms with Crippen LogP contribution in [0.2, 0.25) is 0 Å². The molecule has 19 heavy (non-hydrogen) atoms. The molecule has 0 bridgehead atoms. The third-order valence-corrected chi connectivity index (χ3v) is 3.18. The minimum atomic E-state index is 0.576. The van der Waals surface area contributed by atoms with Crippen molar-refractivity contribution in [3.8, 4) is 11.5 Å². The van der Waals surface area contributed by atoms with Gasteiger partial charge in [-0.2, -0.15) is 0 Å². The van der Waals surface area contributed by atoms with E-state index in [-0.39, 0.29) is 0 Å². The third-order valence-electron chi connectivity index (χ3n) is 3.18. The van der Waals surface area contributed by atoms with Crippen LogP contribution in [0.5, 0.6) is 0 Å². The summed E-state index contributed by atoms with van der Waals surface area (Å²) in [6.45, 7) is 3.26. The van der Waals surface area contributed by atoms with Crippen molar-refractivity contribution >= 4 is 5.82 Å². The number of aryl methyl sites for hydroxylation is 1. The molecule has 0 atom stereocenters. The second kappa shape index (κ2) is 4.93. The van der Waals surface area contributed by atoms with Gasteiger partial charge in [0.05, 0.1) is 18.9 Å². The highest BCUT2D eigenvalue weighted by atomic mass is 16.5. The number of nitrogens with one attached hydrogen (secondary N) is 1. The Kier molecular flexibility index (Phi) is 3.13. The van der Waals surface area contributed by atoms with E-state index in [2.05, 4.69) is 20.3 Å². The van der Waals surface area contributed by atoms with E-state index in [1.807, 2.05) is 32.2 Å². The number of pyridine rings is 1. The number of ether oxygens (including phenoxy) is 1. The molecule has 0 fully saturated rings. The average molecular weight is 256 g/mol. The summed E-state index contributed by atoms with van der Waals surface area (Å²) in [4.78, 5) is 13.7. The van der Waals surface area contributed by atoms with Gasteiger partial charge in [0.2, 0.25) is 0 Å². The lowest BCUT2D eigenvalue weighted by atomic mass is 10.1. The minimum Gasteiger partial charge on any atom is -0.376 e. The van der Waals surface area contributed by atoms with Crippen molar-refractivity contribution in [2.45, 2.75) is 20.0 Å². The average Bonchev–Trinajstić information content (AvgIpc) is 2.46. The van der Waals surface area contributed by atoms with Crippen molar-refractivity contribution in [3.05, 3.63) is 35.2 Å². The van der Waals surface area contributed by atoms with Gasteiger partial charge < -0.3 is 10.1 Å². The summed E-state index contributed by atoms with van der Waals surface area (Å²) in [5.41, 5.74) is 3.90. The molecule has 0 aliphatic carbocycles. The summed E-state index contributed by atoms with van der Waals surface area (Å²) in [5, 5.41) is 3.12. The summed E-state index contributed by atoms with van der Waals surface area (Å²) >= 11 is 0. The van der Waals surface area contributed by atoms with Crippen molar-refractivity contribution in [1.29, 1.82) is 0 Å². The first kappa shape index (κ1) is 12.0. The van der Waals surface area contributed by atoms with Crippen molar-refractivity contribution in [2.75, 3.05) is 19.0 Å². The van der Waals surface area contributed by atoms with Crippen LogP contribution in [0.15, 0.2) is 18.2 Å². The maximum Gasteiger partial charge on any atom is 0.180 e. The minimum absolute atomic E-state index is 0.576. The number of hydrogen-bond donors (Lipinski definition) is 1. The van der Waals surface area contributed by atoms with Crippen LogP contribution in [0.3, 0.4) is 0 Å². The van der Waals surface area contributed by atoms with E-state index in [9.17, 15) is 0 Å². The van der Waals surface area contributed by atoms with Crippen LogP contribution in [0.25, 0.3) is 11.5 Å². The van der Waals surface area contributed by atoms with E-state index < -0.39 is 0 Å². The summed E-state index contributed by atoms with van der Waals surface area (Å²) in [6.07, 6.45) is 0.825. The van der Waals surface area contributed by atoms with Crippen LogP contribution in [-0.4, -0.2) is 28.6 Å². The molecule has 2 aromatic rings. The first-order valence-electron chi connectivity index (χ1n) is 6.37. The van der Waals surface area contributed by atoms with Gasteiger partial charge in [0, 0.05) is 24.7 Å². The number of nitrogens with zero attached hydrogens (tertiary/aromatic N) is 3. The number of hydrogen-bond acceptors (Lipinski definition) is 5. The predicted octanol–water partition coefficient (Wildman–Crippen LogP) is 1.96. The van der Waals surface area contributed by atoms with E-state index in [0.717, 1.165) is 34.9 Å². The molecule has 0 unspecified atom stereocenters. The van der Waals surface area contributed by atoms with E-state index in [1.54, 1.807) is 0 Å². The molecule has 0 radical (unpaired) electrons. The molecule has 1 aliphatic heterocycles. The fraction of sp³-hybridized carbons (Fsp3) is 0.357. The van der Waals surface area contributed by atoms with Gasteiger partial charge in [0.15, 0.2) is 5.82 Å². The SMILES string of the molecule is CNc1nc(-c2cccc(C)n2)nc2c1COCC2. The highest BCUT2D eigenvalue weighted by Crippen LogP contribution is 2.25. The van der Waals surface area contributed by atoms with Gasteiger partial charge in [0.25, 0.3) is 0 Å². The lowest BCUT2D eigenvalue weighted by Crippen LogP contribution is -2.16. The highest BCUT2D eigenvalue weighted by Gasteiger charge is 2.18. The third kappa shape index (κ3) is 2.29. The standard InChI is InChI=1S/C14H16N4O/c1-9-4-3-5-12(16-9)14-17-11-6-7-19-8-10(11)13(15-2)18-14/h3-5H,6-8H2,1-2H3,(H,15,17,18). The second-order valence-electron chi connectivity index (χ2n) is 4.54. The lowest BCUT2D eigenvalue weighted by Gasteiger charge is -2.19. The highest BCUT2D eigenvalue weighted by molar-refractivity contribution is 5.57. The fourth-order valence-corrected chi connectivity index (χ4v) is 2.22. The Balaban J connectivity index is 2.12. The smallest absolute Gasteiger partial charge is 0.180 e. The van der Waals surface area contributed by atoms with Crippen LogP contribution >= 0.6 is 0 Å². The summed E-state index contributed by atoms with van der Waals surface area (Å²) < 4.78 is 5.47. The zero-order valence-electron chi connectivity index (χ0n) is 11.1. The van der Waals surface area contributed by atoms with Crippen molar-refractivity contribution in [1.82, 2.24) is 15.0 Å². The molecule has 2 aromatic heterocycles. The largest absolute Gasteiger partial charge is 0.376 e. The van der Waals surface area contributed by atoms with Crippen LogP contribution in [0.1, 0.15) is 17.0 Å². The Labute approximate surface area is 112 Å². The molecule has 5 heteroatoms. The van der Waals surface area contributed by atoms with Crippen molar-refractivity contribution in [2.24, 2.45) is 0 Å². The molecule has 3 heterocycles. The number of fused-ring (bicyclic) bond motifs is 1. The molecule has 1 N–H and O–H groups in total. The predicted molar refractivity (Wildman–Crippen MR) is 72.9 cm³/mol. The topological polar surface area (TPSA) is 59.9 Å². The molecule has 0 saturated heterocycles. The van der Waals surface area contributed by atoms with Gasteiger partial charge in [-0.1, -0.05) is 6.07 Å². The Bertz CT molecular complexity index is 595. The summed E-state index contributed by atoms with van der Waals surface area (Å²) in [5.74, 6) is 1.51. The number of anilines is 1. The molecule has 0 aromatic carbocycles. The molecule has 5 nitrogen and oxygen atoms in total. The van der Waals surface area contributed by atoms with Gasteiger partial charge in [-0.25, -0.2) is 15.0 Å². The van der Waals surface area contributed by atoms with Crippen LogP contribution < -0.4 is 5.32 Å². The Morgan fingerprint density at radius 1 is 1.21 bits per heavy atom. The molecule has 0 amide bonds. The van der Waals surface area contributed by atoms with Crippen LogP contribution in [0, 0.1) is 6.92 Å². The molecule has 98 valence electrons. The van der Waals surface area contributed by atoms with Gasteiger partial charge in [0.1, 0.15) is 11.5 Å². The molecule has 0 saturated carbocycles. The fourth-order valence-electron chi connectivity index (χ4n) is 2.22. The van der Waals surface area contributed by atoms with Gasteiger partial charge in [-0.15, -0.1) is 0 Å². The zero-order valence-corrected chi connectivity index (χ0v) is 11.1. The Morgan fingerprint density at radius 2 is 2.11 bits per heavy atom. The Hall–Kier alpha value is -2.01. The number of rotatable bonds is 2. The maximum absolute atomic E-state index is 5.47. The number of aromatic nitrogens is 3. The molecular weight excluding hydrogens is 240 g/mol. The first-order valence-corrected chi connectivity index (χ1v) is 6.37. The van der Waals surface area contributed by atoms with E-state index in [0.29, 0.717) is 19.0 Å². The van der Waals surface area contributed by atoms with Crippen molar-refractivity contribution < 1.29 is 4.74 Å². The van der Waals surface area contributed by atoms with Crippen LogP contribution in [0.4, 0.5) is 5.82 Å². The van der Waals surface area contributed by atoms with E-state index in [1.165, 1.54) is 0 Å². The Morgan fingerprint density at radius 3 is 2.89 bits per heavy atom. The van der Waals surface area contributed by atoms with Gasteiger partial charge in [-0.05, 0) is 19.1 Å². The summed E-state index contributed by atoms with van der Waals surface area (Å²) in [7, 11) is 1.87. The first-order chi connectivity index (χ1) is 9.28. The lowest BCUT2D eigenvalue weighted by molar-refractivity contribution is 0.109. The molecular formula is C14H16N4O. The molecule has 0 spiro atoms. The molecule has 1 aliphatic rings. The van der Waals surface area contributed by atoms with E-state index in [4.69, 9.17) is 4.74 Å². The van der Waals surface area contributed by atoms with E-state index >= 15 is 0 Å². The zero-order chi connectivity index (χ0) is 13.2. The van der Waals surface area contributed by atoms with Gasteiger partial charge in [-0.3, -0.25) is 0 Å².